The zero-order chi connectivity index (χ0) is 10.9. The molecule has 14 heavy (non-hydrogen) atoms. The third-order valence-corrected chi connectivity index (χ3v) is 2.27. The summed E-state index contributed by atoms with van der Waals surface area (Å²) >= 11 is 0. The normalized spacial score (nSPS) is 15.3. The van der Waals surface area contributed by atoms with Gasteiger partial charge in [-0.25, -0.2) is 4.39 Å². The minimum Gasteiger partial charge on any atom is -0.387 e. The first-order valence-electron chi connectivity index (χ1n) is 4.63. The molecule has 0 heterocycles. The first-order valence-corrected chi connectivity index (χ1v) is 4.63. The minimum atomic E-state index is -0.935. The second kappa shape index (κ2) is 4.07. The second-order valence-corrected chi connectivity index (χ2v) is 3.78. The Bertz CT molecular complexity index is 313. The molecule has 78 valence electrons. The van der Waals surface area contributed by atoms with E-state index in [1.807, 2.05) is 13.0 Å². The molecule has 0 aliphatic heterocycles. The Morgan fingerprint density at radius 2 is 1.93 bits per heavy atom. The standard InChI is InChI=1S/C11H16FNO/c1-6-4-7(2)10(9(12)5-6)11(14)8(3)13/h4-5,8,11,14H,13H2,1-3H3. The van der Waals surface area contributed by atoms with Crippen molar-refractivity contribution in [2.45, 2.75) is 32.9 Å². The maximum atomic E-state index is 13.5. The molecule has 1 aromatic rings. The average Bonchev–Trinajstić information content (AvgIpc) is 2.01. The maximum Gasteiger partial charge on any atom is 0.129 e. The van der Waals surface area contributed by atoms with Crippen molar-refractivity contribution < 1.29 is 9.50 Å². The molecule has 0 saturated carbocycles. The van der Waals surface area contributed by atoms with E-state index in [1.54, 1.807) is 13.8 Å². The van der Waals surface area contributed by atoms with Crippen LogP contribution < -0.4 is 5.73 Å². The van der Waals surface area contributed by atoms with Crippen LogP contribution in [-0.2, 0) is 0 Å². The number of hydrogen-bond acceptors (Lipinski definition) is 2. The molecule has 2 atom stereocenters. The molecular formula is C11H16FNO. The lowest BCUT2D eigenvalue weighted by atomic mass is 9.97. The van der Waals surface area contributed by atoms with Crippen molar-refractivity contribution in [3.63, 3.8) is 0 Å². The Hall–Kier alpha value is -0.930. The van der Waals surface area contributed by atoms with Crippen LogP contribution >= 0.6 is 0 Å². The van der Waals surface area contributed by atoms with Gasteiger partial charge in [-0.3, -0.25) is 0 Å². The Labute approximate surface area is 83.6 Å². The highest BCUT2D eigenvalue weighted by molar-refractivity contribution is 5.34. The first-order chi connectivity index (χ1) is 6.43. The van der Waals surface area contributed by atoms with Crippen LogP contribution in [0.3, 0.4) is 0 Å². The Morgan fingerprint density at radius 1 is 1.36 bits per heavy atom. The van der Waals surface area contributed by atoms with Gasteiger partial charge in [0.05, 0.1) is 6.10 Å². The zero-order valence-corrected chi connectivity index (χ0v) is 8.71. The first kappa shape index (κ1) is 11.1. The highest BCUT2D eigenvalue weighted by Gasteiger charge is 2.19. The summed E-state index contributed by atoms with van der Waals surface area (Å²) in [4.78, 5) is 0. The zero-order valence-electron chi connectivity index (χ0n) is 8.71. The summed E-state index contributed by atoms with van der Waals surface area (Å²) in [5.74, 6) is -0.382. The largest absolute Gasteiger partial charge is 0.387 e. The van der Waals surface area contributed by atoms with Crippen LogP contribution in [0, 0.1) is 19.7 Å². The molecule has 3 heteroatoms. The highest BCUT2D eigenvalue weighted by Crippen LogP contribution is 2.24. The molecule has 0 radical (unpaired) electrons. The molecular weight excluding hydrogens is 181 g/mol. The third-order valence-electron chi connectivity index (χ3n) is 2.27. The van der Waals surface area contributed by atoms with Gasteiger partial charge in [0, 0.05) is 11.6 Å². The molecule has 0 aliphatic carbocycles. The molecule has 0 amide bonds. The lowest BCUT2D eigenvalue weighted by molar-refractivity contribution is 0.148. The van der Waals surface area contributed by atoms with Gasteiger partial charge in [0.2, 0.25) is 0 Å². The number of nitrogens with two attached hydrogens (primary N) is 1. The summed E-state index contributed by atoms with van der Waals surface area (Å²) in [6.07, 6.45) is -0.935. The predicted molar refractivity (Wildman–Crippen MR) is 54.5 cm³/mol. The van der Waals surface area contributed by atoms with Crippen LogP contribution in [0.5, 0.6) is 0 Å². The lowest BCUT2D eigenvalue weighted by Crippen LogP contribution is -2.25. The van der Waals surface area contributed by atoms with E-state index >= 15 is 0 Å². The van der Waals surface area contributed by atoms with Crippen LogP contribution in [0.1, 0.15) is 29.7 Å². The quantitative estimate of drug-likeness (QED) is 0.759. The Kier molecular flexibility index (Phi) is 3.24. The summed E-state index contributed by atoms with van der Waals surface area (Å²) in [7, 11) is 0. The van der Waals surface area contributed by atoms with Crippen LogP contribution in [0.25, 0.3) is 0 Å². The van der Waals surface area contributed by atoms with Crippen molar-refractivity contribution in [1.29, 1.82) is 0 Å². The number of aryl methyl sites for hydroxylation is 2. The summed E-state index contributed by atoms with van der Waals surface area (Å²) in [5, 5.41) is 9.69. The molecule has 1 aromatic carbocycles. The van der Waals surface area contributed by atoms with Crippen LogP contribution in [-0.4, -0.2) is 11.1 Å². The molecule has 1 rings (SSSR count). The summed E-state index contributed by atoms with van der Waals surface area (Å²) in [6, 6.07) is 2.78. The fraction of sp³-hybridized carbons (Fsp3) is 0.455. The molecule has 3 N–H and O–H groups in total. The van der Waals surface area contributed by atoms with Crippen molar-refractivity contribution in [1.82, 2.24) is 0 Å². The van der Waals surface area contributed by atoms with Gasteiger partial charge in [-0.05, 0) is 38.0 Å². The maximum absolute atomic E-state index is 13.5. The monoisotopic (exact) mass is 197 g/mol. The van der Waals surface area contributed by atoms with E-state index in [2.05, 4.69) is 0 Å². The molecule has 0 spiro atoms. The van der Waals surface area contributed by atoms with Gasteiger partial charge in [0.1, 0.15) is 5.82 Å². The van der Waals surface area contributed by atoms with E-state index in [0.29, 0.717) is 5.56 Å². The predicted octanol–water partition coefficient (Wildman–Crippen LogP) is 1.82. The number of benzene rings is 1. The van der Waals surface area contributed by atoms with E-state index in [-0.39, 0.29) is 5.82 Å². The van der Waals surface area contributed by atoms with Crippen molar-refractivity contribution in [3.8, 4) is 0 Å². The van der Waals surface area contributed by atoms with E-state index < -0.39 is 12.1 Å². The van der Waals surface area contributed by atoms with E-state index in [0.717, 1.165) is 11.1 Å². The Morgan fingerprint density at radius 3 is 2.36 bits per heavy atom. The van der Waals surface area contributed by atoms with Gasteiger partial charge in [-0.15, -0.1) is 0 Å². The molecule has 0 bridgehead atoms. The number of aliphatic hydroxyl groups is 1. The molecule has 0 aromatic heterocycles. The molecule has 2 nitrogen and oxygen atoms in total. The van der Waals surface area contributed by atoms with Gasteiger partial charge < -0.3 is 10.8 Å². The number of rotatable bonds is 2. The lowest BCUT2D eigenvalue weighted by Gasteiger charge is -2.18. The topological polar surface area (TPSA) is 46.2 Å². The van der Waals surface area contributed by atoms with E-state index in [4.69, 9.17) is 5.73 Å². The number of hydrogen-bond donors (Lipinski definition) is 2. The second-order valence-electron chi connectivity index (χ2n) is 3.78. The molecule has 0 saturated heterocycles. The summed E-state index contributed by atoms with van der Waals surface area (Å²) in [6.45, 7) is 5.25. The highest BCUT2D eigenvalue weighted by atomic mass is 19.1. The third kappa shape index (κ3) is 2.11. The van der Waals surface area contributed by atoms with Gasteiger partial charge in [0.25, 0.3) is 0 Å². The Balaban J connectivity index is 3.20. The number of halogens is 1. The fourth-order valence-corrected chi connectivity index (χ4v) is 1.56. The summed E-state index contributed by atoms with van der Waals surface area (Å²) in [5.41, 5.74) is 7.43. The van der Waals surface area contributed by atoms with E-state index in [9.17, 15) is 9.50 Å². The molecule has 0 aliphatic rings. The van der Waals surface area contributed by atoms with Crippen molar-refractivity contribution in [3.05, 3.63) is 34.6 Å². The van der Waals surface area contributed by atoms with Gasteiger partial charge in [-0.2, -0.15) is 0 Å². The number of aliphatic hydroxyl groups excluding tert-OH is 1. The minimum absolute atomic E-state index is 0.311. The van der Waals surface area contributed by atoms with Crippen LogP contribution in [0.4, 0.5) is 4.39 Å². The average molecular weight is 197 g/mol. The van der Waals surface area contributed by atoms with Gasteiger partial charge >= 0.3 is 0 Å². The van der Waals surface area contributed by atoms with Crippen molar-refractivity contribution in [2.24, 2.45) is 5.73 Å². The fourth-order valence-electron chi connectivity index (χ4n) is 1.56. The van der Waals surface area contributed by atoms with Crippen molar-refractivity contribution >= 4 is 0 Å². The van der Waals surface area contributed by atoms with Crippen LogP contribution in [0.2, 0.25) is 0 Å². The smallest absolute Gasteiger partial charge is 0.129 e. The van der Waals surface area contributed by atoms with Crippen molar-refractivity contribution in [2.75, 3.05) is 0 Å². The summed E-state index contributed by atoms with van der Waals surface area (Å²) < 4.78 is 13.5. The molecule has 0 fully saturated rings. The van der Waals surface area contributed by atoms with Gasteiger partial charge in [-0.1, -0.05) is 6.07 Å². The van der Waals surface area contributed by atoms with Crippen LogP contribution in [0.15, 0.2) is 12.1 Å². The molecule has 2 unspecified atom stereocenters. The SMILES string of the molecule is Cc1cc(C)c(C(O)C(C)N)c(F)c1. The van der Waals surface area contributed by atoms with E-state index in [1.165, 1.54) is 6.07 Å². The van der Waals surface area contributed by atoms with Gasteiger partial charge in [0.15, 0.2) is 0 Å².